The topological polar surface area (TPSA) is 26.0 Å². The molecule has 0 radical (unpaired) electrons. The number of thiol groups is 1. The molecule has 1 heterocycles. The number of nitrogen functional groups attached to an aromatic ring is 1. The molecule has 0 spiro atoms. The van der Waals surface area contributed by atoms with Crippen molar-refractivity contribution < 1.29 is 0 Å². The first-order chi connectivity index (χ1) is 5.70. The molecule has 0 aliphatic carbocycles. The summed E-state index contributed by atoms with van der Waals surface area (Å²) in [5.41, 5.74) is 6.50. The summed E-state index contributed by atoms with van der Waals surface area (Å²) in [7, 11) is 0. The normalized spacial score (nSPS) is 10.8. The Morgan fingerprint density at radius 2 is 2.17 bits per heavy atom. The molecule has 4 heteroatoms. The largest absolute Gasteiger partial charge is 0.398 e. The first-order valence-corrected chi connectivity index (χ1v) is 5.05. The highest BCUT2D eigenvalue weighted by Crippen LogP contribution is 2.37. The zero-order valence-corrected chi connectivity index (χ0v) is 8.51. The van der Waals surface area contributed by atoms with Crippen LogP contribution in [0.3, 0.4) is 0 Å². The van der Waals surface area contributed by atoms with E-state index in [1.165, 1.54) is 0 Å². The second-order valence-electron chi connectivity index (χ2n) is 2.46. The fraction of sp³-hybridized carbons (Fsp3) is 0. The first kappa shape index (κ1) is 8.23. The van der Waals surface area contributed by atoms with E-state index < -0.39 is 0 Å². The number of hydrogen-bond acceptors (Lipinski definition) is 3. The van der Waals surface area contributed by atoms with Crippen molar-refractivity contribution in [2.45, 2.75) is 4.90 Å². The van der Waals surface area contributed by atoms with Gasteiger partial charge < -0.3 is 5.73 Å². The summed E-state index contributed by atoms with van der Waals surface area (Å²) >= 11 is 11.8. The number of rotatable bonds is 0. The molecule has 62 valence electrons. The second kappa shape index (κ2) is 2.83. The summed E-state index contributed by atoms with van der Waals surface area (Å²) in [6.45, 7) is 0. The van der Waals surface area contributed by atoms with E-state index in [-0.39, 0.29) is 0 Å². The Morgan fingerprint density at radius 3 is 2.83 bits per heavy atom. The van der Waals surface area contributed by atoms with Crippen LogP contribution in [0, 0.1) is 0 Å². The van der Waals surface area contributed by atoms with Crippen LogP contribution in [0.25, 0.3) is 10.1 Å². The Bertz CT molecular complexity index is 436. The van der Waals surface area contributed by atoms with Gasteiger partial charge in [0.15, 0.2) is 0 Å². The van der Waals surface area contributed by atoms with Crippen LogP contribution in [0.15, 0.2) is 22.4 Å². The molecule has 1 aromatic carbocycles. The minimum Gasteiger partial charge on any atom is -0.398 e. The van der Waals surface area contributed by atoms with Crippen LogP contribution >= 0.6 is 35.6 Å². The van der Waals surface area contributed by atoms with Gasteiger partial charge in [-0.15, -0.1) is 24.0 Å². The monoisotopic (exact) mass is 215 g/mol. The van der Waals surface area contributed by atoms with E-state index in [2.05, 4.69) is 12.6 Å². The van der Waals surface area contributed by atoms with Crippen molar-refractivity contribution in [1.29, 1.82) is 0 Å². The van der Waals surface area contributed by atoms with Gasteiger partial charge in [-0.25, -0.2) is 0 Å². The number of hydrogen-bond donors (Lipinski definition) is 2. The number of benzene rings is 1. The molecule has 12 heavy (non-hydrogen) atoms. The van der Waals surface area contributed by atoms with E-state index in [1.807, 2.05) is 17.5 Å². The molecule has 2 rings (SSSR count). The number of anilines is 1. The molecule has 2 N–H and O–H groups in total. The van der Waals surface area contributed by atoms with E-state index >= 15 is 0 Å². The van der Waals surface area contributed by atoms with Gasteiger partial charge in [0.25, 0.3) is 0 Å². The predicted octanol–water partition coefficient (Wildman–Crippen LogP) is 3.43. The van der Waals surface area contributed by atoms with Gasteiger partial charge in [-0.2, -0.15) is 0 Å². The zero-order valence-electron chi connectivity index (χ0n) is 6.04. The van der Waals surface area contributed by atoms with Crippen LogP contribution in [0.4, 0.5) is 5.69 Å². The average Bonchev–Trinajstić information content (AvgIpc) is 2.42. The van der Waals surface area contributed by atoms with Gasteiger partial charge in [0, 0.05) is 15.7 Å². The highest BCUT2D eigenvalue weighted by atomic mass is 35.5. The van der Waals surface area contributed by atoms with E-state index in [9.17, 15) is 0 Å². The van der Waals surface area contributed by atoms with Gasteiger partial charge in [0.1, 0.15) is 0 Å². The molecule has 0 aliphatic heterocycles. The zero-order chi connectivity index (χ0) is 8.72. The smallest absolute Gasteiger partial charge is 0.0585 e. The van der Waals surface area contributed by atoms with Crippen LogP contribution in [0.5, 0.6) is 0 Å². The van der Waals surface area contributed by atoms with Gasteiger partial charge in [-0.1, -0.05) is 11.6 Å². The van der Waals surface area contributed by atoms with E-state index in [0.29, 0.717) is 0 Å². The van der Waals surface area contributed by atoms with Gasteiger partial charge in [-0.3, -0.25) is 0 Å². The molecule has 0 atom stereocenters. The summed E-state index contributed by atoms with van der Waals surface area (Å²) in [5.74, 6) is 0. The molecule has 0 aliphatic rings. The molecule has 0 amide bonds. The third-order valence-corrected chi connectivity index (χ3v) is 3.51. The fourth-order valence-corrected chi connectivity index (χ4v) is 2.69. The van der Waals surface area contributed by atoms with E-state index in [1.54, 1.807) is 11.3 Å². The summed E-state index contributed by atoms with van der Waals surface area (Å²) in [6, 6.07) is 3.69. The fourth-order valence-electron chi connectivity index (χ4n) is 1.12. The Balaban J connectivity index is 2.98. The third-order valence-electron chi connectivity index (χ3n) is 1.68. The molecule has 0 fully saturated rings. The third kappa shape index (κ3) is 1.09. The lowest BCUT2D eigenvalue weighted by Crippen LogP contribution is -1.81. The Kier molecular flexibility index (Phi) is 1.94. The molecule has 1 nitrogen and oxygen atoms in total. The molecule has 2 aromatic rings. The van der Waals surface area contributed by atoms with Crippen LogP contribution in [0.2, 0.25) is 5.02 Å². The number of thiophene rings is 1. The Morgan fingerprint density at radius 1 is 1.42 bits per heavy atom. The lowest BCUT2D eigenvalue weighted by atomic mass is 10.2. The average molecular weight is 216 g/mol. The Hall–Kier alpha value is -0.380. The van der Waals surface area contributed by atoms with Crippen molar-refractivity contribution in [2.75, 3.05) is 5.73 Å². The summed E-state index contributed by atoms with van der Waals surface area (Å²) in [6.07, 6.45) is 0. The first-order valence-electron chi connectivity index (χ1n) is 3.34. The highest BCUT2D eigenvalue weighted by molar-refractivity contribution is 7.80. The molecular formula is C8H6ClNS2. The van der Waals surface area contributed by atoms with Crippen molar-refractivity contribution >= 4 is 51.3 Å². The molecular weight excluding hydrogens is 210 g/mol. The van der Waals surface area contributed by atoms with Gasteiger partial charge in [-0.05, 0) is 12.1 Å². The summed E-state index contributed by atoms with van der Waals surface area (Å²) < 4.78 is 1.02. The maximum atomic E-state index is 5.96. The maximum Gasteiger partial charge on any atom is 0.0585 e. The predicted molar refractivity (Wildman–Crippen MR) is 58.5 cm³/mol. The molecule has 0 unspecified atom stereocenters. The summed E-state index contributed by atoms with van der Waals surface area (Å²) in [5, 5.41) is 3.59. The maximum absolute atomic E-state index is 5.96. The number of nitrogens with two attached hydrogens (primary N) is 1. The molecule has 0 saturated carbocycles. The SMILES string of the molecule is Nc1csc2c(Cl)ccc(S)c12. The van der Waals surface area contributed by atoms with Crippen molar-refractivity contribution in [3.05, 3.63) is 22.5 Å². The van der Waals surface area contributed by atoms with Crippen LogP contribution < -0.4 is 5.73 Å². The van der Waals surface area contributed by atoms with Gasteiger partial charge >= 0.3 is 0 Å². The van der Waals surface area contributed by atoms with Crippen molar-refractivity contribution in [2.24, 2.45) is 0 Å². The van der Waals surface area contributed by atoms with Crippen molar-refractivity contribution in [3.8, 4) is 0 Å². The minimum atomic E-state index is 0.740. The lowest BCUT2D eigenvalue weighted by molar-refractivity contribution is 1.59. The number of fused-ring (bicyclic) bond motifs is 1. The van der Waals surface area contributed by atoms with Crippen LogP contribution in [-0.2, 0) is 0 Å². The van der Waals surface area contributed by atoms with Crippen LogP contribution in [-0.4, -0.2) is 0 Å². The summed E-state index contributed by atoms with van der Waals surface area (Å²) in [4.78, 5) is 0.883. The molecule has 0 bridgehead atoms. The minimum absolute atomic E-state index is 0.740. The quantitative estimate of drug-likeness (QED) is 0.647. The van der Waals surface area contributed by atoms with E-state index in [4.69, 9.17) is 17.3 Å². The lowest BCUT2D eigenvalue weighted by Gasteiger charge is -1.97. The van der Waals surface area contributed by atoms with E-state index in [0.717, 1.165) is 25.7 Å². The molecule has 1 aromatic heterocycles. The van der Waals surface area contributed by atoms with Gasteiger partial charge in [0.05, 0.1) is 15.4 Å². The standard InChI is InChI=1S/C8H6ClNS2/c9-4-1-2-6(11)7-5(10)3-12-8(4)7/h1-3,11H,10H2. The van der Waals surface area contributed by atoms with Crippen LogP contribution in [0.1, 0.15) is 0 Å². The van der Waals surface area contributed by atoms with Crippen molar-refractivity contribution in [1.82, 2.24) is 0 Å². The number of halogens is 1. The molecule has 0 saturated heterocycles. The van der Waals surface area contributed by atoms with Crippen molar-refractivity contribution in [3.63, 3.8) is 0 Å². The Labute approximate surface area is 84.6 Å². The van der Waals surface area contributed by atoms with Gasteiger partial charge in [0.2, 0.25) is 0 Å². The second-order valence-corrected chi connectivity index (χ2v) is 4.23. The highest BCUT2D eigenvalue weighted by Gasteiger charge is 2.07.